The highest BCUT2D eigenvalue weighted by molar-refractivity contribution is 7.89. The van der Waals surface area contributed by atoms with Gasteiger partial charge in [-0.25, -0.2) is 13.1 Å². The summed E-state index contributed by atoms with van der Waals surface area (Å²) in [5.74, 6) is 0. The van der Waals surface area contributed by atoms with E-state index >= 15 is 0 Å². The van der Waals surface area contributed by atoms with E-state index in [0.29, 0.717) is 10.8 Å². The molecule has 0 saturated carbocycles. The van der Waals surface area contributed by atoms with Crippen molar-refractivity contribution in [1.29, 1.82) is 0 Å². The highest BCUT2D eigenvalue weighted by Gasteiger charge is 2.35. The van der Waals surface area contributed by atoms with Gasteiger partial charge in [-0.2, -0.15) is 0 Å². The molecule has 1 aromatic carbocycles. The number of halogens is 2. The average Bonchev–Trinajstić information content (AvgIpc) is 2.91. The van der Waals surface area contributed by atoms with Crippen LogP contribution in [0.5, 0.6) is 0 Å². The minimum Gasteiger partial charge on any atom is -0.391 e. The van der Waals surface area contributed by atoms with Crippen LogP contribution in [-0.4, -0.2) is 19.6 Å². The number of fused-ring (bicyclic) bond motifs is 1. The van der Waals surface area contributed by atoms with Crippen LogP contribution in [0.15, 0.2) is 35.2 Å². The smallest absolute Gasteiger partial charge is 0.243 e. The quantitative estimate of drug-likeness (QED) is 0.880. The van der Waals surface area contributed by atoms with Crippen LogP contribution in [0.3, 0.4) is 0 Å². The Morgan fingerprint density at radius 1 is 1.29 bits per heavy atom. The lowest BCUT2D eigenvalue weighted by molar-refractivity contribution is 0.151. The van der Waals surface area contributed by atoms with Gasteiger partial charge in [-0.1, -0.05) is 47.5 Å². The van der Waals surface area contributed by atoms with E-state index in [1.165, 1.54) is 6.07 Å². The molecule has 0 radical (unpaired) electrons. The Hall–Kier alpha value is -0.630. The van der Waals surface area contributed by atoms with Crippen LogP contribution in [0.1, 0.15) is 17.2 Å². The summed E-state index contributed by atoms with van der Waals surface area (Å²) in [6.45, 7) is 0. The van der Waals surface area contributed by atoms with Crippen LogP contribution in [0.4, 0.5) is 0 Å². The van der Waals surface area contributed by atoms with Crippen molar-refractivity contribution in [3.8, 4) is 0 Å². The van der Waals surface area contributed by atoms with Gasteiger partial charge in [0.1, 0.15) is 9.23 Å². The molecule has 2 atom stereocenters. The van der Waals surface area contributed by atoms with E-state index in [2.05, 4.69) is 4.72 Å². The van der Waals surface area contributed by atoms with Crippen molar-refractivity contribution < 1.29 is 13.5 Å². The number of hydrogen-bond donors (Lipinski definition) is 2. The molecule has 0 saturated heterocycles. The first kappa shape index (κ1) is 15.3. The molecule has 0 amide bonds. The first-order valence-corrected chi connectivity index (χ1v) is 9.17. The second-order valence-corrected chi connectivity index (χ2v) is 8.73. The zero-order valence-corrected chi connectivity index (χ0v) is 13.7. The summed E-state index contributed by atoms with van der Waals surface area (Å²) in [6.07, 6.45) is -0.383. The Kier molecular flexibility index (Phi) is 4.02. The lowest BCUT2D eigenvalue weighted by atomic mass is 10.1. The average molecular weight is 364 g/mol. The largest absolute Gasteiger partial charge is 0.391 e. The second kappa shape index (κ2) is 5.53. The van der Waals surface area contributed by atoms with Crippen molar-refractivity contribution in [2.75, 3.05) is 0 Å². The Morgan fingerprint density at radius 3 is 2.67 bits per heavy atom. The topological polar surface area (TPSA) is 66.4 Å². The molecular formula is C13H11Cl2NO3S2. The fourth-order valence-corrected chi connectivity index (χ4v) is 5.85. The van der Waals surface area contributed by atoms with Crippen LogP contribution in [0.2, 0.25) is 8.67 Å². The molecule has 3 rings (SSSR count). The van der Waals surface area contributed by atoms with Gasteiger partial charge in [-0.3, -0.25) is 0 Å². The van der Waals surface area contributed by atoms with Gasteiger partial charge in [0, 0.05) is 6.42 Å². The van der Waals surface area contributed by atoms with Crippen molar-refractivity contribution >= 4 is 44.6 Å². The number of aliphatic hydroxyl groups excluding tert-OH is 1. The molecule has 1 aromatic heterocycles. The van der Waals surface area contributed by atoms with E-state index in [1.54, 1.807) is 6.07 Å². The maximum absolute atomic E-state index is 12.4. The number of rotatable bonds is 3. The van der Waals surface area contributed by atoms with E-state index < -0.39 is 22.2 Å². The van der Waals surface area contributed by atoms with Crippen molar-refractivity contribution in [2.24, 2.45) is 0 Å². The molecule has 2 aromatic rings. The van der Waals surface area contributed by atoms with Gasteiger partial charge in [0.2, 0.25) is 10.0 Å². The van der Waals surface area contributed by atoms with Crippen LogP contribution in [-0.2, 0) is 16.4 Å². The fraction of sp³-hybridized carbons (Fsp3) is 0.231. The molecule has 1 heterocycles. The van der Waals surface area contributed by atoms with Gasteiger partial charge >= 0.3 is 0 Å². The predicted octanol–water partition coefficient (Wildman–Crippen LogP) is 2.99. The van der Waals surface area contributed by atoms with Crippen molar-refractivity contribution in [3.63, 3.8) is 0 Å². The third-order valence-electron chi connectivity index (χ3n) is 3.40. The van der Waals surface area contributed by atoms with Crippen LogP contribution >= 0.6 is 34.5 Å². The van der Waals surface area contributed by atoms with E-state index in [1.807, 2.05) is 18.2 Å². The molecular weight excluding hydrogens is 353 g/mol. The minimum atomic E-state index is -3.85. The number of aliphatic hydroxyl groups is 1. The summed E-state index contributed by atoms with van der Waals surface area (Å²) in [5, 5.41) is 10.1. The highest BCUT2D eigenvalue weighted by Crippen LogP contribution is 2.37. The molecule has 1 aliphatic carbocycles. The fourth-order valence-electron chi connectivity index (χ4n) is 2.45. The summed E-state index contributed by atoms with van der Waals surface area (Å²) in [7, 11) is -3.85. The summed E-state index contributed by atoms with van der Waals surface area (Å²) >= 11 is 12.7. The lowest BCUT2D eigenvalue weighted by Crippen LogP contribution is -2.33. The first-order valence-electron chi connectivity index (χ1n) is 6.11. The summed E-state index contributed by atoms with van der Waals surface area (Å²) in [4.78, 5) is -0.0595. The lowest BCUT2D eigenvalue weighted by Gasteiger charge is -2.17. The Balaban J connectivity index is 1.95. The van der Waals surface area contributed by atoms with Crippen LogP contribution in [0.25, 0.3) is 0 Å². The monoisotopic (exact) mass is 363 g/mol. The minimum absolute atomic E-state index is 0.0595. The van der Waals surface area contributed by atoms with Crippen molar-refractivity contribution in [2.45, 2.75) is 23.5 Å². The number of thiophene rings is 1. The molecule has 0 unspecified atom stereocenters. The maximum Gasteiger partial charge on any atom is 0.243 e. The Labute approximate surface area is 136 Å². The van der Waals surface area contributed by atoms with E-state index in [-0.39, 0.29) is 9.23 Å². The zero-order valence-electron chi connectivity index (χ0n) is 10.6. The van der Waals surface area contributed by atoms with E-state index in [9.17, 15) is 13.5 Å². The first-order chi connectivity index (χ1) is 9.88. The SMILES string of the molecule is O=S(=O)(N[C@@H]1c2ccccc2C[C@@H]1O)c1cc(Cl)sc1Cl. The Morgan fingerprint density at radius 2 is 2.00 bits per heavy atom. The maximum atomic E-state index is 12.4. The predicted molar refractivity (Wildman–Crippen MR) is 83.6 cm³/mol. The van der Waals surface area contributed by atoms with Crippen molar-refractivity contribution in [1.82, 2.24) is 4.72 Å². The summed E-state index contributed by atoms with van der Waals surface area (Å²) < 4.78 is 27.8. The standard InChI is InChI=1S/C13H11Cl2NO3S2/c14-11-6-10(13(15)20-11)21(18,19)16-12-8-4-2-1-3-7(8)5-9(12)17/h1-4,6,9,12,16-17H,5H2/t9-,12+/m0/s1. The zero-order chi connectivity index (χ0) is 15.2. The van der Waals surface area contributed by atoms with Crippen LogP contribution < -0.4 is 4.72 Å². The molecule has 4 nitrogen and oxygen atoms in total. The van der Waals surface area contributed by atoms with Crippen LogP contribution in [0, 0.1) is 0 Å². The number of hydrogen-bond acceptors (Lipinski definition) is 4. The molecule has 8 heteroatoms. The Bertz CT molecular complexity index is 788. The molecule has 0 spiro atoms. The molecule has 0 fully saturated rings. The third kappa shape index (κ3) is 2.84. The third-order valence-corrected chi connectivity index (χ3v) is 6.60. The molecule has 0 bridgehead atoms. The molecule has 112 valence electrons. The van der Waals surface area contributed by atoms with Gasteiger partial charge in [0.15, 0.2) is 0 Å². The van der Waals surface area contributed by atoms with E-state index in [0.717, 1.165) is 22.5 Å². The van der Waals surface area contributed by atoms with Gasteiger partial charge in [0.05, 0.1) is 16.5 Å². The van der Waals surface area contributed by atoms with E-state index in [4.69, 9.17) is 23.2 Å². The molecule has 2 N–H and O–H groups in total. The van der Waals surface area contributed by atoms with Gasteiger partial charge in [0.25, 0.3) is 0 Å². The molecule has 1 aliphatic rings. The van der Waals surface area contributed by atoms with Gasteiger partial charge in [-0.15, -0.1) is 11.3 Å². The number of nitrogens with one attached hydrogen (secondary N) is 1. The number of benzene rings is 1. The van der Waals surface area contributed by atoms with Gasteiger partial charge < -0.3 is 5.11 Å². The highest BCUT2D eigenvalue weighted by atomic mass is 35.5. The normalized spacial score (nSPS) is 21.5. The van der Waals surface area contributed by atoms with Gasteiger partial charge in [-0.05, 0) is 17.2 Å². The molecule has 0 aliphatic heterocycles. The van der Waals surface area contributed by atoms with Crippen molar-refractivity contribution in [3.05, 3.63) is 50.1 Å². The molecule has 21 heavy (non-hydrogen) atoms. The summed E-state index contributed by atoms with van der Waals surface area (Å²) in [5.41, 5.74) is 1.72. The summed E-state index contributed by atoms with van der Waals surface area (Å²) in [6, 6.07) is 7.98. The number of sulfonamides is 1. The second-order valence-electron chi connectivity index (χ2n) is 4.76.